The van der Waals surface area contributed by atoms with Crippen molar-refractivity contribution in [1.29, 1.82) is 0 Å². The number of benzene rings is 1. The number of para-hydroxylation sites is 1. The molecule has 1 saturated carbocycles. The molecule has 17 heavy (non-hydrogen) atoms. The summed E-state index contributed by atoms with van der Waals surface area (Å²) in [5, 5.41) is 3.58. The molecule has 0 bridgehead atoms. The second-order valence-electron chi connectivity index (χ2n) is 4.56. The Bertz CT molecular complexity index is 354. The highest BCUT2D eigenvalue weighted by atomic mass is 16.5. The van der Waals surface area contributed by atoms with Crippen molar-refractivity contribution in [2.24, 2.45) is 0 Å². The molecule has 1 N–H and O–H groups in total. The van der Waals surface area contributed by atoms with E-state index in [2.05, 4.69) is 11.4 Å². The third-order valence-corrected chi connectivity index (χ3v) is 3.49. The Balaban J connectivity index is 1.85. The Morgan fingerprint density at radius 3 is 2.76 bits per heavy atom. The van der Waals surface area contributed by atoms with E-state index >= 15 is 0 Å². The van der Waals surface area contributed by atoms with Crippen LogP contribution in [0.25, 0.3) is 0 Å². The van der Waals surface area contributed by atoms with E-state index in [9.17, 15) is 0 Å². The first-order valence-electron chi connectivity index (χ1n) is 6.21. The number of hydrogen-bond acceptors (Lipinski definition) is 3. The number of rotatable bonds is 5. The SMILES string of the molecule is COc1ccccc1CNC1CCC(OC)C1. The van der Waals surface area contributed by atoms with Crippen LogP contribution >= 0.6 is 0 Å². The van der Waals surface area contributed by atoms with E-state index in [-0.39, 0.29) is 0 Å². The van der Waals surface area contributed by atoms with Crippen molar-refractivity contribution in [2.75, 3.05) is 14.2 Å². The third kappa shape index (κ3) is 3.20. The second-order valence-corrected chi connectivity index (χ2v) is 4.56. The molecule has 1 fully saturated rings. The highest BCUT2D eigenvalue weighted by molar-refractivity contribution is 5.33. The minimum atomic E-state index is 0.435. The summed E-state index contributed by atoms with van der Waals surface area (Å²) in [6.07, 6.45) is 3.92. The summed E-state index contributed by atoms with van der Waals surface area (Å²) in [4.78, 5) is 0. The van der Waals surface area contributed by atoms with E-state index in [4.69, 9.17) is 9.47 Å². The van der Waals surface area contributed by atoms with Gasteiger partial charge in [-0.15, -0.1) is 0 Å². The van der Waals surface area contributed by atoms with Crippen molar-refractivity contribution in [3.8, 4) is 5.75 Å². The number of ether oxygens (including phenoxy) is 2. The predicted octanol–water partition coefficient (Wildman–Crippen LogP) is 2.35. The van der Waals surface area contributed by atoms with Gasteiger partial charge >= 0.3 is 0 Å². The van der Waals surface area contributed by atoms with Crippen molar-refractivity contribution in [2.45, 2.75) is 38.0 Å². The van der Waals surface area contributed by atoms with Gasteiger partial charge < -0.3 is 14.8 Å². The minimum Gasteiger partial charge on any atom is -0.496 e. The van der Waals surface area contributed by atoms with Crippen LogP contribution in [0, 0.1) is 0 Å². The van der Waals surface area contributed by atoms with Gasteiger partial charge in [0.1, 0.15) is 5.75 Å². The molecule has 1 aromatic rings. The highest BCUT2D eigenvalue weighted by Gasteiger charge is 2.23. The average Bonchev–Trinajstić information content (AvgIpc) is 2.84. The van der Waals surface area contributed by atoms with E-state index in [1.807, 2.05) is 18.2 Å². The smallest absolute Gasteiger partial charge is 0.123 e. The molecule has 3 nitrogen and oxygen atoms in total. The number of methoxy groups -OCH3 is 2. The zero-order chi connectivity index (χ0) is 12.1. The Hall–Kier alpha value is -1.06. The van der Waals surface area contributed by atoms with Gasteiger partial charge in [0.15, 0.2) is 0 Å². The molecule has 0 aliphatic heterocycles. The van der Waals surface area contributed by atoms with Gasteiger partial charge in [-0.25, -0.2) is 0 Å². The number of hydrogen-bond donors (Lipinski definition) is 1. The molecule has 2 rings (SSSR count). The van der Waals surface area contributed by atoms with Crippen LogP contribution < -0.4 is 10.1 Å². The van der Waals surface area contributed by atoms with Gasteiger partial charge in [-0.1, -0.05) is 18.2 Å². The van der Waals surface area contributed by atoms with Gasteiger partial charge in [0.2, 0.25) is 0 Å². The molecule has 0 aromatic heterocycles. The summed E-state index contributed by atoms with van der Waals surface area (Å²) in [5.74, 6) is 0.960. The Morgan fingerprint density at radius 1 is 1.24 bits per heavy atom. The molecule has 0 spiro atoms. The Morgan fingerprint density at radius 2 is 2.06 bits per heavy atom. The van der Waals surface area contributed by atoms with Gasteiger partial charge in [0.25, 0.3) is 0 Å². The third-order valence-electron chi connectivity index (χ3n) is 3.49. The van der Waals surface area contributed by atoms with Crippen LogP contribution in [0.5, 0.6) is 5.75 Å². The quantitative estimate of drug-likeness (QED) is 0.850. The van der Waals surface area contributed by atoms with Crippen LogP contribution in [0.15, 0.2) is 24.3 Å². The van der Waals surface area contributed by atoms with Crippen LogP contribution in [0.2, 0.25) is 0 Å². The van der Waals surface area contributed by atoms with Gasteiger partial charge in [-0.05, 0) is 25.3 Å². The molecule has 0 saturated heterocycles. The van der Waals surface area contributed by atoms with E-state index < -0.39 is 0 Å². The second kappa shape index (κ2) is 6.03. The zero-order valence-corrected chi connectivity index (χ0v) is 10.6. The first kappa shape index (κ1) is 12.4. The number of nitrogens with one attached hydrogen (secondary N) is 1. The Labute approximate surface area is 103 Å². The molecule has 1 aromatic carbocycles. The van der Waals surface area contributed by atoms with Gasteiger partial charge in [-0.2, -0.15) is 0 Å². The van der Waals surface area contributed by atoms with Crippen molar-refractivity contribution < 1.29 is 9.47 Å². The molecule has 94 valence electrons. The molecular formula is C14H21NO2. The van der Waals surface area contributed by atoms with E-state index in [1.54, 1.807) is 14.2 Å². The van der Waals surface area contributed by atoms with Crippen molar-refractivity contribution >= 4 is 0 Å². The summed E-state index contributed by atoms with van der Waals surface area (Å²) in [6.45, 7) is 0.866. The fourth-order valence-corrected chi connectivity index (χ4v) is 2.44. The van der Waals surface area contributed by atoms with Crippen molar-refractivity contribution in [3.63, 3.8) is 0 Å². The molecule has 2 atom stereocenters. The molecule has 1 aliphatic carbocycles. The van der Waals surface area contributed by atoms with Gasteiger partial charge in [0.05, 0.1) is 13.2 Å². The predicted molar refractivity (Wildman–Crippen MR) is 68.3 cm³/mol. The fraction of sp³-hybridized carbons (Fsp3) is 0.571. The van der Waals surface area contributed by atoms with E-state index in [1.165, 1.54) is 18.4 Å². The topological polar surface area (TPSA) is 30.5 Å². The summed E-state index contributed by atoms with van der Waals surface area (Å²) in [6, 6.07) is 8.73. The minimum absolute atomic E-state index is 0.435. The molecule has 3 heteroatoms. The molecular weight excluding hydrogens is 214 g/mol. The molecule has 0 heterocycles. The largest absolute Gasteiger partial charge is 0.496 e. The van der Waals surface area contributed by atoms with Gasteiger partial charge in [-0.3, -0.25) is 0 Å². The summed E-state index contributed by atoms with van der Waals surface area (Å²) in [5.41, 5.74) is 1.22. The summed E-state index contributed by atoms with van der Waals surface area (Å²) >= 11 is 0. The summed E-state index contributed by atoms with van der Waals surface area (Å²) < 4.78 is 10.7. The maximum Gasteiger partial charge on any atom is 0.123 e. The van der Waals surface area contributed by atoms with Crippen molar-refractivity contribution in [1.82, 2.24) is 5.32 Å². The fourth-order valence-electron chi connectivity index (χ4n) is 2.44. The first-order valence-corrected chi connectivity index (χ1v) is 6.21. The van der Waals surface area contributed by atoms with Crippen LogP contribution in [0.1, 0.15) is 24.8 Å². The average molecular weight is 235 g/mol. The lowest BCUT2D eigenvalue weighted by Crippen LogP contribution is -2.26. The maximum atomic E-state index is 5.37. The van der Waals surface area contributed by atoms with E-state index in [0.29, 0.717) is 12.1 Å². The van der Waals surface area contributed by atoms with Crippen LogP contribution in [-0.4, -0.2) is 26.4 Å². The normalized spacial score (nSPS) is 23.9. The summed E-state index contributed by atoms with van der Waals surface area (Å²) in [7, 11) is 3.52. The first-order chi connectivity index (χ1) is 8.33. The molecule has 0 radical (unpaired) electrons. The standard InChI is InChI=1S/C14H21NO2/c1-16-13-8-7-12(9-13)15-10-11-5-3-4-6-14(11)17-2/h3-6,12-13,15H,7-10H2,1-2H3. The van der Waals surface area contributed by atoms with Crippen molar-refractivity contribution in [3.05, 3.63) is 29.8 Å². The maximum absolute atomic E-state index is 5.37. The molecule has 2 unspecified atom stereocenters. The lowest BCUT2D eigenvalue weighted by atomic mass is 10.1. The Kier molecular flexibility index (Phi) is 4.40. The zero-order valence-electron chi connectivity index (χ0n) is 10.6. The monoisotopic (exact) mass is 235 g/mol. The lowest BCUT2D eigenvalue weighted by Gasteiger charge is -2.14. The van der Waals surface area contributed by atoms with Crippen LogP contribution in [0.3, 0.4) is 0 Å². The van der Waals surface area contributed by atoms with E-state index in [0.717, 1.165) is 18.7 Å². The van der Waals surface area contributed by atoms with Crippen LogP contribution in [0.4, 0.5) is 0 Å². The molecule has 0 amide bonds. The lowest BCUT2D eigenvalue weighted by molar-refractivity contribution is 0.107. The molecule has 1 aliphatic rings. The van der Waals surface area contributed by atoms with Gasteiger partial charge in [0, 0.05) is 25.3 Å². The highest BCUT2D eigenvalue weighted by Crippen LogP contribution is 2.23. The van der Waals surface area contributed by atoms with Crippen LogP contribution in [-0.2, 0) is 11.3 Å².